The molecule has 0 amide bonds. The number of fused-ring (bicyclic) bond motifs is 4. The van der Waals surface area contributed by atoms with Crippen molar-refractivity contribution in [2.24, 2.45) is 0 Å². The number of nitrogens with zero attached hydrogens (tertiary/aromatic N) is 3. The van der Waals surface area contributed by atoms with Crippen LogP contribution in [0.2, 0.25) is 0 Å². The van der Waals surface area contributed by atoms with E-state index in [9.17, 15) is 0 Å². The highest BCUT2D eigenvalue weighted by Crippen LogP contribution is 2.55. The van der Waals surface area contributed by atoms with Gasteiger partial charge in [0, 0.05) is 22.9 Å². The van der Waals surface area contributed by atoms with E-state index in [0.29, 0.717) is 0 Å². The third-order valence-corrected chi connectivity index (χ3v) is 7.28. The van der Waals surface area contributed by atoms with E-state index in [1.165, 1.54) is 27.2 Å². The highest BCUT2D eigenvalue weighted by Gasteiger charge is 2.70. The summed E-state index contributed by atoms with van der Waals surface area (Å²) >= 11 is 0. The average Bonchev–Trinajstić information content (AvgIpc) is 3.41. The second-order valence-corrected chi connectivity index (χ2v) is 8.65. The minimum atomic E-state index is -0.625. The first-order valence-corrected chi connectivity index (χ1v) is 10.8. The molecule has 9 rings (SSSR count). The number of hydrogen-bond donors (Lipinski definition) is 0. The van der Waals surface area contributed by atoms with Crippen LogP contribution in [0.15, 0.2) is 91.3 Å². The summed E-state index contributed by atoms with van der Waals surface area (Å²) in [6, 6.07) is 27.4. The second-order valence-electron chi connectivity index (χ2n) is 8.65. The summed E-state index contributed by atoms with van der Waals surface area (Å²) in [6.45, 7) is 0. The molecule has 0 radical (unpaired) electrons. The Hall–Kier alpha value is -4.38. The highest BCUT2D eigenvalue weighted by molar-refractivity contribution is 6.13. The standard InChI is InChI=1S/C27H15N3O2/c1-2-7-17-16(6-1)18-11-12-22-25-26(18)30-19(17)13-15-29(30)27(25)24-20(31-22)8-5-9-21(24)32-23-10-3-4-14-28(23)27/h1-15H/q+2. The Morgan fingerprint density at radius 3 is 2.38 bits per heavy atom. The molecule has 0 bridgehead atoms. The lowest BCUT2D eigenvalue weighted by Gasteiger charge is -2.31. The van der Waals surface area contributed by atoms with E-state index < -0.39 is 5.66 Å². The molecular formula is C27H15N3O2+2. The Bertz CT molecular complexity index is 1840. The fraction of sp³-hybridized carbons (Fsp3) is 0.0370. The molecule has 0 saturated carbocycles. The van der Waals surface area contributed by atoms with Gasteiger partial charge in [0.1, 0.15) is 22.5 Å². The van der Waals surface area contributed by atoms with Crippen molar-refractivity contribution < 1.29 is 18.7 Å². The molecule has 0 N–H and O–H groups in total. The van der Waals surface area contributed by atoms with E-state index >= 15 is 0 Å². The molecule has 3 aliphatic rings. The van der Waals surface area contributed by atoms with Gasteiger partial charge in [-0.25, -0.2) is 0 Å². The van der Waals surface area contributed by atoms with E-state index in [-0.39, 0.29) is 0 Å². The zero-order valence-corrected chi connectivity index (χ0v) is 16.8. The van der Waals surface area contributed by atoms with Gasteiger partial charge in [0.25, 0.3) is 0 Å². The number of benzene rings is 3. The molecule has 1 atom stereocenters. The van der Waals surface area contributed by atoms with E-state index in [2.05, 4.69) is 74.7 Å². The third kappa shape index (κ3) is 1.39. The molecule has 0 fully saturated rings. The summed E-state index contributed by atoms with van der Waals surface area (Å²) in [6.07, 6.45) is 4.31. The SMILES string of the molecule is c1cc2c3c(c1)Oc1cccc[n+]1C31c3c(ccc4c5ccccc5c5cc[n+]1n5c34)O2. The van der Waals surface area contributed by atoms with Crippen molar-refractivity contribution in [3.8, 4) is 23.1 Å². The first-order chi connectivity index (χ1) is 15.9. The van der Waals surface area contributed by atoms with Crippen LogP contribution in [-0.2, 0) is 5.66 Å². The molecule has 0 saturated heterocycles. The molecule has 3 aromatic heterocycles. The van der Waals surface area contributed by atoms with Gasteiger partial charge in [-0.05, 0) is 40.4 Å². The molecule has 0 aliphatic carbocycles. The van der Waals surface area contributed by atoms with Crippen molar-refractivity contribution in [2.45, 2.75) is 5.66 Å². The van der Waals surface area contributed by atoms with Gasteiger partial charge in [-0.1, -0.05) is 34.9 Å². The number of pyridine rings is 2. The summed E-state index contributed by atoms with van der Waals surface area (Å²) in [4.78, 5) is 0. The van der Waals surface area contributed by atoms with Crippen molar-refractivity contribution in [1.29, 1.82) is 0 Å². The van der Waals surface area contributed by atoms with Crippen LogP contribution in [0.1, 0.15) is 11.1 Å². The summed E-state index contributed by atoms with van der Waals surface area (Å²) in [5.74, 6) is 3.35. The molecule has 148 valence electrons. The summed E-state index contributed by atoms with van der Waals surface area (Å²) in [7, 11) is 0. The molecular weight excluding hydrogens is 398 g/mol. The van der Waals surface area contributed by atoms with Crippen LogP contribution >= 0.6 is 0 Å². The van der Waals surface area contributed by atoms with Crippen molar-refractivity contribution >= 4 is 27.2 Å². The lowest BCUT2D eigenvalue weighted by Crippen LogP contribution is -2.75. The highest BCUT2D eigenvalue weighted by atomic mass is 16.5. The van der Waals surface area contributed by atoms with Crippen molar-refractivity contribution in [2.75, 3.05) is 0 Å². The van der Waals surface area contributed by atoms with Gasteiger partial charge < -0.3 is 9.47 Å². The first-order valence-electron chi connectivity index (χ1n) is 10.8. The van der Waals surface area contributed by atoms with Crippen LogP contribution < -0.4 is 18.7 Å². The molecule has 3 aromatic carbocycles. The molecule has 5 nitrogen and oxygen atoms in total. The van der Waals surface area contributed by atoms with E-state index in [4.69, 9.17) is 9.47 Å². The summed E-state index contributed by atoms with van der Waals surface area (Å²) in [5.41, 5.74) is 3.95. The molecule has 6 aromatic rings. The predicted molar refractivity (Wildman–Crippen MR) is 117 cm³/mol. The van der Waals surface area contributed by atoms with E-state index in [1.54, 1.807) is 0 Å². The van der Waals surface area contributed by atoms with Crippen LogP contribution in [0.5, 0.6) is 23.1 Å². The Morgan fingerprint density at radius 2 is 1.44 bits per heavy atom. The molecule has 3 aliphatic heterocycles. The third-order valence-electron chi connectivity index (χ3n) is 7.28. The van der Waals surface area contributed by atoms with Crippen LogP contribution in [0.4, 0.5) is 0 Å². The van der Waals surface area contributed by atoms with Crippen LogP contribution in [0.25, 0.3) is 27.2 Å². The molecule has 1 spiro atoms. The molecule has 32 heavy (non-hydrogen) atoms. The smallest absolute Gasteiger partial charge is 0.452 e. The fourth-order valence-corrected chi connectivity index (χ4v) is 6.19. The van der Waals surface area contributed by atoms with Gasteiger partial charge in [-0.3, -0.25) is 0 Å². The Balaban J connectivity index is 1.64. The number of aromatic nitrogens is 3. The van der Waals surface area contributed by atoms with Gasteiger partial charge in [0.05, 0.1) is 6.07 Å². The first kappa shape index (κ1) is 15.4. The van der Waals surface area contributed by atoms with Gasteiger partial charge >= 0.3 is 11.5 Å². The Labute approximate surface area is 181 Å². The zero-order valence-electron chi connectivity index (χ0n) is 16.8. The number of rotatable bonds is 0. The normalized spacial score (nSPS) is 18.6. The predicted octanol–water partition coefficient (Wildman–Crippen LogP) is 4.64. The van der Waals surface area contributed by atoms with Crippen LogP contribution in [0.3, 0.4) is 0 Å². The maximum atomic E-state index is 6.51. The van der Waals surface area contributed by atoms with Crippen molar-refractivity contribution in [3.05, 3.63) is 102 Å². The number of hydrogen-bond acceptors (Lipinski definition) is 2. The van der Waals surface area contributed by atoms with Crippen molar-refractivity contribution in [1.82, 2.24) is 4.52 Å². The van der Waals surface area contributed by atoms with Gasteiger partial charge in [-0.15, -0.1) is 4.52 Å². The number of ether oxygens (including phenoxy) is 2. The summed E-state index contributed by atoms with van der Waals surface area (Å²) < 4.78 is 19.9. The topological polar surface area (TPSA) is 30.6 Å². The average molecular weight is 413 g/mol. The van der Waals surface area contributed by atoms with Gasteiger partial charge in [0.15, 0.2) is 23.1 Å². The van der Waals surface area contributed by atoms with Crippen LogP contribution in [-0.4, -0.2) is 4.52 Å². The minimum Gasteiger partial charge on any atom is -0.455 e. The molecule has 6 heterocycles. The van der Waals surface area contributed by atoms with Gasteiger partial charge in [0.2, 0.25) is 6.20 Å². The maximum Gasteiger partial charge on any atom is 0.452 e. The largest absolute Gasteiger partial charge is 0.455 e. The monoisotopic (exact) mass is 413 g/mol. The minimum absolute atomic E-state index is 0.625. The maximum absolute atomic E-state index is 6.51. The quantitative estimate of drug-likeness (QED) is 0.268. The van der Waals surface area contributed by atoms with Crippen LogP contribution in [0, 0.1) is 0 Å². The second kappa shape index (κ2) is 4.75. The fourth-order valence-electron chi connectivity index (χ4n) is 6.19. The zero-order chi connectivity index (χ0) is 20.6. The van der Waals surface area contributed by atoms with Crippen molar-refractivity contribution in [3.63, 3.8) is 0 Å². The molecule has 1 unspecified atom stereocenters. The lowest BCUT2D eigenvalue weighted by molar-refractivity contribution is -0.995. The Morgan fingerprint density at radius 1 is 0.625 bits per heavy atom. The van der Waals surface area contributed by atoms with E-state index in [0.717, 1.165) is 34.3 Å². The summed E-state index contributed by atoms with van der Waals surface area (Å²) in [5, 5.41) is 3.72. The molecule has 5 heteroatoms. The van der Waals surface area contributed by atoms with E-state index in [1.807, 2.05) is 30.3 Å². The van der Waals surface area contributed by atoms with Gasteiger partial charge in [-0.2, -0.15) is 0 Å². The Kier molecular flexibility index (Phi) is 2.29. The lowest BCUT2D eigenvalue weighted by atomic mass is 9.84.